The summed E-state index contributed by atoms with van der Waals surface area (Å²) in [5.74, 6) is -1.36. The third-order valence-electron chi connectivity index (χ3n) is 3.13. The molecule has 0 aliphatic carbocycles. The highest BCUT2D eigenvalue weighted by atomic mass is 32.2. The zero-order valence-corrected chi connectivity index (χ0v) is 14.1. The fourth-order valence-electron chi connectivity index (χ4n) is 1.94. The molecule has 0 aromatic heterocycles. The molecule has 0 saturated carbocycles. The van der Waals surface area contributed by atoms with Gasteiger partial charge in [-0.25, -0.2) is 13.6 Å². The Morgan fingerprint density at radius 1 is 1.12 bits per heavy atom. The van der Waals surface area contributed by atoms with Gasteiger partial charge in [0.25, 0.3) is 0 Å². The summed E-state index contributed by atoms with van der Waals surface area (Å²) in [7, 11) is -3.72. The smallest absolute Gasteiger partial charge is 0.312 e. The molecule has 0 radical (unpaired) electrons. The molecular weight excluding hydrogens is 330 g/mol. The number of carbonyl (C=O) groups is 2. The van der Waals surface area contributed by atoms with Gasteiger partial charge in [0, 0.05) is 19.6 Å². The van der Waals surface area contributed by atoms with Gasteiger partial charge in [-0.15, -0.1) is 13.2 Å². The predicted molar refractivity (Wildman–Crippen MR) is 91.5 cm³/mol. The minimum Gasteiger partial charge on any atom is -0.347 e. The standard InChI is InChI=1S/C16H21N3O4S/c1-3-11-19(12-4-2)16(21)15(20)18-10-9-13-5-7-14(8-6-13)24(17,22)23/h3-8H,1-2,9-12H2,(H,18,20)(H2,17,22,23). The van der Waals surface area contributed by atoms with Gasteiger partial charge in [0.2, 0.25) is 10.0 Å². The molecule has 0 heterocycles. The van der Waals surface area contributed by atoms with Gasteiger partial charge in [0.05, 0.1) is 4.90 Å². The Balaban J connectivity index is 2.54. The Bertz CT molecular complexity index is 701. The van der Waals surface area contributed by atoms with E-state index in [1.807, 2.05) is 0 Å². The summed E-state index contributed by atoms with van der Waals surface area (Å²) in [6, 6.07) is 6.01. The van der Waals surface area contributed by atoms with Gasteiger partial charge in [-0.2, -0.15) is 0 Å². The van der Waals surface area contributed by atoms with E-state index >= 15 is 0 Å². The fraction of sp³-hybridized carbons (Fsp3) is 0.250. The summed E-state index contributed by atoms with van der Waals surface area (Å²) < 4.78 is 22.3. The molecule has 24 heavy (non-hydrogen) atoms. The van der Waals surface area contributed by atoms with Crippen molar-refractivity contribution in [2.75, 3.05) is 19.6 Å². The van der Waals surface area contributed by atoms with Crippen molar-refractivity contribution in [3.05, 3.63) is 55.1 Å². The Labute approximate surface area is 141 Å². The summed E-state index contributed by atoms with van der Waals surface area (Å²) in [6.45, 7) is 7.84. The lowest BCUT2D eigenvalue weighted by molar-refractivity contribution is -0.145. The SMILES string of the molecule is C=CCN(CC=C)C(=O)C(=O)NCCc1ccc(S(N)(=O)=O)cc1. The lowest BCUT2D eigenvalue weighted by Crippen LogP contribution is -2.43. The van der Waals surface area contributed by atoms with E-state index < -0.39 is 21.8 Å². The molecule has 1 aromatic rings. The van der Waals surface area contributed by atoms with E-state index in [2.05, 4.69) is 18.5 Å². The first-order chi connectivity index (χ1) is 11.3. The normalized spacial score (nSPS) is 10.7. The van der Waals surface area contributed by atoms with Crippen LogP contribution in [0.15, 0.2) is 54.5 Å². The van der Waals surface area contributed by atoms with Gasteiger partial charge in [-0.05, 0) is 24.1 Å². The molecule has 130 valence electrons. The molecule has 0 unspecified atom stereocenters. The zero-order chi connectivity index (χ0) is 18.2. The minimum absolute atomic E-state index is 0.0231. The van der Waals surface area contributed by atoms with Crippen molar-refractivity contribution in [1.29, 1.82) is 0 Å². The van der Waals surface area contributed by atoms with Crippen LogP contribution in [0.4, 0.5) is 0 Å². The van der Waals surface area contributed by atoms with Gasteiger partial charge in [-0.3, -0.25) is 9.59 Å². The second kappa shape index (κ2) is 8.99. The molecule has 0 fully saturated rings. The van der Waals surface area contributed by atoms with Crippen molar-refractivity contribution in [2.24, 2.45) is 5.14 Å². The van der Waals surface area contributed by atoms with E-state index in [0.29, 0.717) is 6.42 Å². The van der Waals surface area contributed by atoms with Crippen LogP contribution in [0.3, 0.4) is 0 Å². The minimum atomic E-state index is -3.72. The van der Waals surface area contributed by atoms with Gasteiger partial charge >= 0.3 is 11.8 Å². The predicted octanol–water partition coefficient (Wildman–Crippen LogP) is 0.193. The molecule has 1 aromatic carbocycles. The van der Waals surface area contributed by atoms with Crippen molar-refractivity contribution in [2.45, 2.75) is 11.3 Å². The fourth-order valence-corrected chi connectivity index (χ4v) is 2.45. The monoisotopic (exact) mass is 351 g/mol. The van der Waals surface area contributed by atoms with Crippen LogP contribution in [-0.4, -0.2) is 44.8 Å². The molecule has 0 aliphatic heterocycles. The van der Waals surface area contributed by atoms with Gasteiger partial charge < -0.3 is 10.2 Å². The van der Waals surface area contributed by atoms with Crippen molar-refractivity contribution >= 4 is 21.8 Å². The topological polar surface area (TPSA) is 110 Å². The van der Waals surface area contributed by atoms with Gasteiger partial charge in [0.1, 0.15) is 0 Å². The summed E-state index contributed by atoms with van der Waals surface area (Å²) in [5, 5.41) is 7.55. The van der Waals surface area contributed by atoms with Crippen molar-refractivity contribution in [1.82, 2.24) is 10.2 Å². The number of hydrogen-bond acceptors (Lipinski definition) is 4. The third-order valence-corrected chi connectivity index (χ3v) is 4.06. The number of sulfonamides is 1. The Kier molecular flexibility index (Phi) is 7.34. The first kappa shape index (κ1) is 19.6. The molecule has 3 N–H and O–H groups in total. The van der Waals surface area contributed by atoms with Crippen molar-refractivity contribution in [3.63, 3.8) is 0 Å². The molecule has 8 heteroatoms. The Morgan fingerprint density at radius 2 is 1.67 bits per heavy atom. The number of nitrogens with one attached hydrogen (secondary N) is 1. The summed E-state index contributed by atoms with van der Waals surface area (Å²) in [5.41, 5.74) is 0.809. The number of hydrogen-bond donors (Lipinski definition) is 2. The number of amides is 2. The van der Waals surface area contributed by atoms with E-state index in [-0.39, 0.29) is 24.5 Å². The van der Waals surface area contributed by atoms with Crippen LogP contribution in [0.2, 0.25) is 0 Å². The largest absolute Gasteiger partial charge is 0.347 e. The van der Waals surface area contributed by atoms with E-state index in [1.54, 1.807) is 12.1 Å². The molecule has 7 nitrogen and oxygen atoms in total. The maximum Gasteiger partial charge on any atom is 0.312 e. The van der Waals surface area contributed by atoms with Crippen LogP contribution in [0.25, 0.3) is 0 Å². The van der Waals surface area contributed by atoms with E-state index in [1.165, 1.54) is 29.2 Å². The third kappa shape index (κ3) is 5.98. The first-order valence-corrected chi connectivity index (χ1v) is 8.75. The quantitative estimate of drug-likeness (QED) is 0.515. The number of primary sulfonamides is 1. The Morgan fingerprint density at radius 3 is 2.12 bits per heavy atom. The van der Waals surface area contributed by atoms with E-state index in [4.69, 9.17) is 5.14 Å². The average Bonchev–Trinajstić information content (AvgIpc) is 2.53. The van der Waals surface area contributed by atoms with Crippen LogP contribution in [0.5, 0.6) is 0 Å². The average molecular weight is 351 g/mol. The molecule has 1 rings (SSSR count). The Hall–Kier alpha value is -2.45. The van der Waals surface area contributed by atoms with E-state index in [0.717, 1.165) is 5.56 Å². The highest BCUT2D eigenvalue weighted by Gasteiger charge is 2.19. The lowest BCUT2D eigenvalue weighted by Gasteiger charge is -2.18. The summed E-state index contributed by atoms with van der Waals surface area (Å²) in [4.78, 5) is 25.1. The van der Waals surface area contributed by atoms with Crippen LogP contribution < -0.4 is 10.5 Å². The maximum atomic E-state index is 12.0. The highest BCUT2D eigenvalue weighted by Crippen LogP contribution is 2.08. The maximum absolute atomic E-state index is 12.0. The van der Waals surface area contributed by atoms with Crippen molar-refractivity contribution < 1.29 is 18.0 Å². The second-order valence-corrected chi connectivity index (χ2v) is 6.54. The summed E-state index contributed by atoms with van der Waals surface area (Å²) >= 11 is 0. The second-order valence-electron chi connectivity index (χ2n) is 4.98. The molecule has 0 saturated heterocycles. The zero-order valence-electron chi connectivity index (χ0n) is 13.3. The number of rotatable bonds is 8. The first-order valence-electron chi connectivity index (χ1n) is 7.20. The number of nitrogens with zero attached hydrogens (tertiary/aromatic N) is 1. The molecule has 2 amide bonds. The highest BCUT2D eigenvalue weighted by molar-refractivity contribution is 7.89. The molecule has 0 bridgehead atoms. The molecule has 0 aliphatic rings. The lowest BCUT2D eigenvalue weighted by atomic mass is 10.1. The van der Waals surface area contributed by atoms with Gasteiger partial charge in [-0.1, -0.05) is 24.3 Å². The number of benzene rings is 1. The van der Waals surface area contributed by atoms with Crippen molar-refractivity contribution in [3.8, 4) is 0 Å². The van der Waals surface area contributed by atoms with Crippen LogP contribution in [0.1, 0.15) is 5.56 Å². The van der Waals surface area contributed by atoms with Crippen LogP contribution in [-0.2, 0) is 26.0 Å². The number of carbonyl (C=O) groups excluding carboxylic acids is 2. The number of nitrogens with two attached hydrogens (primary N) is 1. The van der Waals surface area contributed by atoms with Crippen LogP contribution >= 0.6 is 0 Å². The molecule has 0 atom stereocenters. The van der Waals surface area contributed by atoms with Gasteiger partial charge in [0.15, 0.2) is 0 Å². The molecule has 0 spiro atoms. The van der Waals surface area contributed by atoms with E-state index in [9.17, 15) is 18.0 Å². The summed E-state index contributed by atoms with van der Waals surface area (Å²) in [6.07, 6.45) is 3.51. The molecular formula is C16H21N3O4S. The van der Waals surface area contributed by atoms with Crippen LogP contribution in [0, 0.1) is 0 Å².